The number of hydrogen-bond acceptors (Lipinski definition) is 5. The SMILES string of the molecule is CC(=O)N1CCC[C@@H]1[C@H]1CCCN1[C@@H](C)c1nc(C2CC2)no1. The van der Waals surface area contributed by atoms with Crippen molar-refractivity contribution in [1.29, 1.82) is 0 Å². The second-order valence-electron chi connectivity index (χ2n) is 7.31. The molecule has 6 heteroatoms. The van der Waals surface area contributed by atoms with Crippen molar-refractivity contribution in [3.8, 4) is 0 Å². The summed E-state index contributed by atoms with van der Waals surface area (Å²) in [7, 11) is 0. The van der Waals surface area contributed by atoms with E-state index in [1.807, 2.05) is 0 Å². The molecule has 3 aliphatic rings. The maximum Gasteiger partial charge on any atom is 0.243 e. The normalized spacial score (nSPS) is 30.1. The lowest BCUT2D eigenvalue weighted by atomic mass is 10.0. The van der Waals surface area contributed by atoms with E-state index >= 15 is 0 Å². The zero-order valence-electron chi connectivity index (χ0n) is 14.1. The largest absolute Gasteiger partial charge is 0.338 e. The molecule has 0 radical (unpaired) electrons. The predicted octanol–water partition coefficient (Wildman–Crippen LogP) is 2.48. The Kier molecular flexibility index (Phi) is 3.87. The summed E-state index contributed by atoms with van der Waals surface area (Å²) in [5, 5.41) is 4.16. The Morgan fingerprint density at radius 1 is 1.17 bits per heavy atom. The molecule has 0 aromatic carbocycles. The van der Waals surface area contributed by atoms with E-state index in [0.717, 1.165) is 44.1 Å². The first-order chi connectivity index (χ1) is 11.1. The molecule has 2 aliphatic heterocycles. The Labute approximate surface area is 137 Å². The first-order valence-electron chi connectivity index (χ1n) is 9.01. The Hall–Kier alpha value is -1.43. The first-order valence-corrected chi connectivity index (χ1v) is 9.01. The summed E-state index contributed by atoms with van der Waals surface area (Å²) in [5.74, 6) is 2.36. The van der Waals surface area contributed by atoms with Crippen LogP contribution in [0.25, 0.3) is 0 Å². The number of aromatic nitrogens is 2. The average Bonchev–Trinajstić information content (AvgIpc) is 3.02. The predicted molar refractivity (Wildman–Crippen MR) is 84.8 cm³/mol. The Balaban J connectivity index is 1.51. The second kappa shape index (κ2) is 5.89. The Morgan fingerprint density at radius 2 is 1.91 bits per heavy atom. The molecule has 0 unspecified atom stereocenters. The number of nitrogens with zero attached hydrogens (tertiary/aromatic N) is 4. The molecule has 1 amide bonds. The van der Waals surface area contributed by atoms with Crippen molar-refractivity contribution in [2.24, 2.45) is 0 Å². The van der Waals surface area contributed by atoms with Crippen LogP contribution in [0.1, 0.15) is 76.0 Å². The fourth-order valence-electron chi connectivity index (χ4n) is 4.36. The molecule has 1 aliphatic carbocycles. The number of carbonyl (C=O) groups is 1. The molecular weight excluding hydrogens is 292 g/mol. The van der Waals surface area contributed by atoms with Crippen LogP contribution in [0.5, 0.6) is 0 Å². The molecule has 23 heavy (non-hydrogen) atoms. The number of amides is 1. The third-order valence-electron chi connectivity index (χ3n) is 5.74. The molecule has 4 rings (SSSR count). The van der Waals surface area contributed by atoms with Gasteiger partial charge in [-0.2, -0.15) is 4.98 Å². The van der Waals surface area contributed by atoms with Crippen LogP contribution in [0.2, 0.25) is 0 Å². The topological polar surface area (TPSA) is 62.5 Å². The van der Waals surface area contributed by atoms with Crippen molar-refractivity contribution >= 4 is 5.91 Å². The number of rotatable bonds is 4. The minimum atomic E-state index is 0.136. The molecule has 0 N–H and O–H groups in total. The van der Waals surface area contributed by atoms with Gasteiger partial charge in [0.2, 0.25) is 11.8 Å². The third kappa shape index (κ3) is 2.77. The number of hydrogen-bond donors (Lipinski definition) is 0. The van der Waals surface area contributed by atoms with Crippen molar-refractivity contribution in [2.45, 2.75) is 76.4 Å². The summed E-state index contributed by atoms with van der Waals surface area (Å²) in [6.45, 7) is 5.82. The van der Waals surface area contributed by atoms with Gasteiger partial charge in [0.25, 0.3) is 0 Å². The number of likely N-dealkylation sites (tertiary alicyclic amines) is 2. The molecule has 1 saturated carbocycles. The average molecular weight is 318 g/mol. The van der Waals surface area contributed by atoms with Gasteiger partial charge in [-0.1, -0.05) is 5.16 Å². The van der Waals surface area contributed by atoms with Crippen LogP contribution < -0.4 is 0 Å². The van der Waals surface area contributed by atoms with Crippen molar-refractivity contribution in [1.82, 2.24) is 19.9 Å². The van der Waals surface area contributed by atoms with Gasteiger partial charge in [-0.05, 0) is 52.0 Å². The highest BCUT2D eigenvalue weighted by Gasteiger charge is 2.42. The summed E-state index contributed by atoms with van der Waals surface area (Å²) in [4.78, 5) is 21.1. The van der Waals surface area contributed by atoms with Gasteiger partial charge in [0.05, 0.1) is 6.04 Å². The van der Waals surface area contributed by atoms with E-state index in [0.29, 0.717) is 18.0 Å². The minimum Gasteiger partial charge on any atom is -0.338 e. The van der Waals surface area contributed by atoms with Crippen LogP contribution in [0, 0.1) is 0 Å². The van der Waals surface area contributed by atoms with E-state index in [1.165, 1.54) is 19.3 Å². The van der Waals surface area contributed by atoms with E-state index in [4.69, 9.17) is 4.52 Å². The van der Waals surface area contributed by atoms with Crippen molar-refractivity contribution in [2.75, 3.05) is 13.1 Å². The zero-order valence-corrected chi connectivity index (χ0v) is 14.1. The van der Waals surface area contributed by atoms with Crippen molar-refractivity contribution in [3.05, 3.63) is 11.7 Å². The van der Waals surface area contributed by atoms with Crippen LogP contribution in [0.15, 0.2) is 4.52 Å². The summed E-state index contributed by atoms with van der Waals surface area (Å²) in [5.41, 5.74) is 0. The minimum absolute atomic E-state index is 0.136. The molecule has 1 aromatic rings. The van der Waals surface area contributed by atoms with Gasteiger partial charge in [0.1, 0.15) is 0 Å². The summed E-state index contributed by atoms with van der Waals surface area (Å²) >= 11 is 0. The highest BCUT2D eigenvalue weighted by Crippen LogP contribution is 2.40. The van der Waals surface area contributed by atoms with Gasteiger partial charge < -0.3 is 9.42 Å². The van der Waals surface area contributed by atoms with Crippen LogP contribution in [-0.2, 0) is 4.79 Å². The number of carbonyl (C=O) groups excluding carboxylic acids is 1. The molecule has 3 heterocycles. The Bertz CT molecular complexity index is 583. The van der Waals surface area contributed by atoms with Crippen molar-refractivity contribution in [3.63, 3.8) is 0 Å². The first kappa shape index (κ1) is 15.1. The smallest absolute Gasteiger partial charge is 0.243 e. The van der Waals surface area contributed by atoms with Gasteiger partial charge in [-0.15, -0.1) is 0 Å². The van der Waals surface area contributed by atoms with Gasteiger partial charge in [0.15, 0.2) is 5.82 Å². The maximum atomic E-state index is 11.9. The monoisotopic (exact) mass is 318 g/mol. The van der Waals surface area contributed by atoms with E-state index in [9.17, 15) is 4.79 Å². The summed E-state index contributed by atoms with van der Waals surface area (Å²) in [6.07, 6.45) is 6.95. The molecular formula is C17H26N4O2. The highest BCUT2D eigenvalue weighted by molar-refractivity contribution is 5.74. The zero-order chi connectivity index (χ0) is 16.0. The molecule has 0 bridgehead atoms. The van der Waals surface area contributed by atoms with Crippen LogP contribution >= 0.6 is 0 Å². The lowest BCUT2D eigenvalue weighted by molar-refractivity contribution is -0.130. The van der Waals surface area contributed by atoms with Crippen LogP contribution in [0.3, 0.4) is 0 Å². The Morgan fingerprint density at radius 3 is 2.65 bits per heavy atom. The van der Waals surface area contributed by atoms with E-state index < -0.39 is 0 Å². The molecule has 1 aromatic heterocycles. The third-order valence-corrected chi connectivity index (χ3v) is 5.74. The van der Waals surface area contributed by atoms with Gasteiger partial charge >= 0.3 is 0 Å². The fraction of sp³-hybridized carbons (Fsp3) is 0.824. The standard InChI is InChI=1S/C17H26N4O2/c1-11(17-18-16(19-23-17)13-7-8-13)20-9-3-5-14(20)15-6-4-10-21(15)12(2)22/h11,13-15H,3-10H2,1-2H3/t11-,14+,15+/m0/s1. The van der Waals surface area contributed by atoms with E-state index in [2.05, 4.69) is 26.9 Å². The molecule has 126 valence electrons. The molecule has 3 fully saturated rings. The van der Waals surface area contributed by atoms with Crippen LogP contribution in [0.4, 0.5) is 0 Å². The van der Waals surface area contributed by atoms with E-state index in [-0.39, 0.29) is 11.9 Å². The van der Waals surface area contributed by atoms with Gasteiger partial charge in [-0.25, -0.2) is 0 Å². The van der Waals surface area contributed by atoms with E-state index in [1.54, 1.807) is 6.92 Å². The molecule has 3 atom stereocenters. The summed E-state index contributed by atoms with van der Waals surface area (Å²) < 4.78 is 5.54. The second-order valence-corrected chi connectivity index (χ2v) is 7.31. The van der Waals surface area contributed by atoms with Gasteiger partial charge in [-0.3, -0.25) is 9.69 Å². The molecule has 0 spiro atoms. The fourth-order valence-corrected chi connectivity index (χ4v) is 4.36. The highest BCUT2D eigenvalue weighted by atomic mass is 16.5. The maximum absolute atomic E-state index is 11.9. The molecule has 2 saturated heterocycles. The van der Waals surface area contributed by atoms with Crippen LogP contribution in [-0.4, -0.2) is 51.0 Å². The summed E-state index contributed by atoms with van der Waals surface area (Å²) in [6, 6.07) is 0.910. The van der Waals surface area contributed by atoms with Gasteiger partial charge in [0, 0.05) is 31.5 Å². The lowest BCUT2D eigenvalue weighted by Gasteiger charge is -2.36. The quantitative estimate of drug-likeness (QED) is 0.853. The lowest BCUT2D eigenvalue weighted by Crippen LogP contribution is -2.48. The van der Waals surface area contributed by atoms with Crippen molar-refractivity contribution < 1.29 is 9.32 Å². The molecule has 6 nitrogen and oxygen atoms in total.